The molecule has 1 fully saturated rings. The lowest BCUT2D eigenvalue weighted by Crippen LogP contribution is -2.43. The highest BCUT2D eigenvalue weighted by Gasteiger charge is 2.55. The number of carbonyl (C=O) groups is 3. The van der Waals surface area contributed by atoms with Crippen LogP contribution in [0.4, 0.5) is 0 Å². The fraction of sp³-hybridized carbons (Fsp3) is 0.625. The topological polar surface area (TPSA) is 69.7 Å². The van der Waals surface area contributed by atoms with Crippen LogP contribution in [0.1, 0.15) is 79.1 Å². The molecule has 0 bridgehead atoms. The van der Waals surface area contributed by atoms with Crippen molar-refractivity contribution in [2.45, 2.75) is 91.3 Å². The van der Waals surface area contributed by atoms with E-state index in [9.17, 15) is 14.4 Å². The van der Waals surface area contributed by atoms with E-state index >= 15 is 0 Å². The van der Waals surface area contributed by atoms with E-state index in [4.69, 9.17) is 9.47 Å². The number of allylic oxidation sites excluding steroid dienone is 4. The summed E-state index contributed by atoms with van der Waals surface area (Å²) in [4.78, 5) is 37.0. The minimum absolute atomic E-state index is 0.0302. The number of hydrogen-bond donors (Lipinski definition) is 0. The summed E-state index contributed by atoms with van der Waals surface area (Å²) in [6.45, 7) is 8.19. The van der Waals surface area contributed by atoms with E-state index in [1.165, 1.54) is 11.6 Å². The maximum Gasteiger partial charge on any atom is 0.307 e. The Bertz CT molecular complexity index is 711. The summed E-state index contributed by atoms with van der Waals surface area (Å²) < 4.78 is 11.1. The first-order chi connectivity index (χ1) is 13.8. The van der Waals surface area contributed by atoms with Crippen LogP contribution in [0.3, 0.4) is 0 Å². The molecule has 1 aliphatic heterocycles. The summed E-state index contributed by atoms with van der Waals surface area (Å²) in [6.07, 6.45) is 11.3. The molecule has 0 aromatic carbocycles. The molecule has 5 nitrogen and oxygen atoms in total. The van der Waals surface area contributed by atoms with Crippen molar-refractivity contribution in [2.24, 2.45) is 5.41 Å². The van der Waals surface area contributed by atoms with Crippen LogP contribution in [-0.2, 0) is 23.9 Å². The third-order valence-corrected chi connectivity index (χ3v) is 5.58. The van der Waals surface area contributed by atoms with E-state index in [0.29, 0.717) is 6.42 Å². The highest BCUT2D eigenvalue weighted by molar-refractivity contribution is 6.00. The summed E-state index contributed by atoms with van der Waals surface area (Å²) in [5.74, 6) is -0.757. The van der Waals surface area contributed by atoms with Crippen LogP contribution in [0, 0.1) is 5.41 Å². The van der Waals surface area contributed by atoms with Gasteiger partial charge in [0.2, 0.25) is 0 Å². The first kappa shape index (κ1) is 23.1. The van der Waals surface area contributed by atoms with Crippen molar-refractivity contribution in [1.82, 2.24) is 0 Å². The maximum atomic E-state index is 12.8. The van der Waals surface area contributed by atoms with Gasteiger partial charge in [-0.2, -0.15) is 0 Å². The molecule has 0 amide bonds. The van der Waals surface area contributed by atoms with E-state index in [-0.39, 0.29) is 30.6 Å². The minimum atomic E-state index is -0.974. The molecule has 1 saturated heterocycles. The van der Waals surface area contributed by atoms with Crippen molar-refractivity contribution in [3.63, 3.8) is 0 Å². The Balaban J connectivity index is 2.10. The van der Waals surface area contributed by atoms with Gasteiger partial charge in [-0.3, -0.25) is 14.4 Å². The first-order valence-electron chi connectivity index (χ1n) is 10.7. The van der Waals surface area contributed by atoms with Crippen molar-refractivity contribution >= 4 is 17.7 Å². The molecule has 0 N–H and O–H groups in total. The van der Waals surface area contributed by atoms with E-state index < -0.39 is 17.6 Å². The standard InChI is InChI=1S/C24H34O5/c1-5-6-7-11-22(26)28-19-12-13-20(25)24(15-19)16-23(27)29-21(24)14-18(4)10-8-9-17(2)3/h9,12-14,19,21H,5-8,10-11,15-16H2,1-4H3/t19-,21-,24?/m1/s1. The fourth-order valence-corrected chi connectivity index (χ4v) is 3.91. The summed E-state index contributed by atoms with van der Waals surface area (Å²) >= 11 is 0. The second-order valence-electron chi connectivity index (χ2n) is 8.49. The van der Waals surface area contributed by atoms with Crippen LogP contribution in [-0.4, -0.2) is 29.9 Å². The van der Waals surface area contributed by atoms with Gasteiger partial charge < -0.3 is 9.47 Å². The first-order valence-corrected chi connectivity index (χ1v) is 10.7. The molecule has 29 heavy (non-hydrogen) atoms. The second kappa shape index (κ2) is 10.6. The molecule has 3 atom stereocenters. The monoisotopic (exact) mass is 402 g/mol. The van der Waals surface area contributed by atoms with E-state index in [1.54, 1.807) is 6.08 Å². The Morgan fingerprint density at radius 3 is 2.69 bits per heavy atom. The Kier molecular flexibility index (Phi) is 8.42. The summed E-state index contributed by atoms with van der Waals surface area (Å²) in [7, 11) is 0. The molecule has 2 rings (SSSR count). The highest BCUT2D eigenvalue weighted by atomic mass is 16.6. The average molecular weight is 403 g/mol. The summed E-state index contributed by atoms with van der Waals surface area (Å²) in [5.41, 5.74) is 1.37. The SMILES string of the molecule is CCCCCC(=O)O[C@@H]1C=CC(=O)C2(CC(=O)O[C@@H]2C=C(C)CCC=C(C)C)C1. The van der Waals surface area contributed by atoms with Gasteiger partial charge in [-0.1, -0.05) is 37.0 Å². The number of cyclic esters (lactones) is 1. The molecule has 0 aromatic heterocycles. The molecule has 1 spiro atoms. The van der Waals surface area contributed by atoms with Crippen LogP contribution >= 0.6 is 0 Å². The smallest absolute Gasteiger partial charge is 0.307 e. The van der Waals surface area contributed by atoms with Crippen LogP contribution in [0.2, 0.25) is 0 Å². The van der Waals surface area contributed by atoms with Gasteiger partial charge in [0, 0.05) is 12.8 Å². The molecule has 1 unspecified atom stereocenters. The third-order valence-electron chi connectivity index (χ3n) is 5.58. The predicted molar refractivity (Wildman–Crippen MR) is 112 cm³/mol. The molecule has 0 radical (unpaired) electrons. The number of ketones is 1. The van der Waals surface area contributed by atoms with Crippen LogP contribution in [0.25, 0.3) is 0 Å². The van der Waals surface area contributed by atoms with Crippen LogP contribution in [0.5, 0.6) is 0 Å². The number of ether oxygens (including phenoxy) is 2. The molecule has 0 aromatic rings. The van der Waals surface area contributed by atoms with Gasteiger partial charge in [-0.15, -0.1) is 0 Å². The lowest BCUT2D eigenvalue weighted by molar-refractivity contribution is -0.151. The molecule has 5 heteroatoms. The van der Waals surface area contributed by atoms with Gasteiger partial charge in [-0.05, 0) is 58.3 Å². The van der Waals surface area contributed by atoms with Gasteiger partial charge in [0.05, 0.1) is 11.8 Å². The van der Waals surface area contributed by atoms with Gasteiger partial charge in [0.1, 0.15) is 12.2 Å². The molecule has 1 heterocycles. The molecule has 0 saturated carbocycles. The number of carbonyl (C=O) groups excluding carboxylic acids is 3. The molecule has 160 valence electrons. The molecular weight excluding hydrogens is 368 g/mol. The van der Waals surface area contributed by atoms with E-state index in [1.807, 2.05) is 13.0 Å². The lowest BCUT2D eigenvalue weighted by atomic mass is 9.69. The lowest BCUT2D eigenvalue weighted by Gasteiger charge is -2.34. The maximum absolute atomic E-state index is 12.8. The van der Waals surface area contributed by atoms with Crippen LogP contribution in [0.15, 0.2) is 35.5 Å². The average Bonchev–Trinajstić information content (AvgIpc) is 2.93. The Morgan fingerprint density at radius 2 is 2.00 bits per heavy atom. The van der Waals surface area contributed by atoms with Gasteiger partial charge >= 0.3 is 11.9 Å². The highest BCUT2D eigenvalue weighted by Crippen LogP contribution is 2.45. The number of esters is 2. The molecule has 2 aliphatic rings. The van der Waals surface area contributed by atoms with Gasteiger partial charge in [-0.25, -0.2) is 0 Å². The van der Waals surface area contributed by atoms with Gasteiger partial charge in [0.15, 0.2) is 5.78 Å². The quantitative estimate of drug-likeness (QED) is 0.308. The Morgan fingerprint density at radius 1 is 1.24 bits per heavy atom. The Hall–Kier alpha value is -2.17. The van der Waals surface area contributed by atoms with E-state index in [2.05, 4.69) is 26.8 Å². The van der Waals surface area contributed by atoms with Gasteiger partial charge in [0.25, 0.3) is 0 Å². The van der Waals surface area contributed by atoms with Crippen molar-refractivity contribution in [1.29, 1.82) is 0 Å². The zero-order valence-corrected chi connectivity index (χ0v) is 18.2. The van der Waals surface area contributed by atoms with Crippen molar-refractivity contribution in [3.8, 4) is 0 Å². The summed E-state index contributed by atoms with van der Waals surface area (Å²) in [6, 6.07) is 0. The normalized spacial score (nSPS) is 26.6. The number of unbranched alkanes of at least 4 members (excludes halogenated alkanes) is 2. The third kappa shape index (κ3) is 6.41. The molecule has 1 aliphatic carbocycles. The molecular formula is C24H34O5. The van der Waals surface area contributed by atoms with Crippen molar-refractivity contribution in [2.75, 3.05) is 0 Å². The largest absolute Gasteiger partial charge is 0.458 e. The zero-order valence-electron chi connectivity index (χ0n) is 18.2. The van der Waals surface area contributed by atoms with Crippen molar-refractivity contribution in [3.05, 3.63) is 35.5 Å². The second-order valence-corrected chi connectivity index (χ2v) is 8.49. The van der Waals surface area contributed by atoms with Crippen molar-refractivity contribution < 1.29 is 23.9 Å². The predicted octanol–water partition coefficient (Wildman–Crippen LogP) is 5.00. The Labute approximate surface area is 174 Å². The van der Waals surface area contributed by atoms with E-state index in [0.717, 1.165) is 37.7 Å². The number of rotatable bonds is 9. The minimum Gasteiger partial charge on any atom is -0.458 e. The van der Waals surface area contributed by atoms with Crippen LogP contribution < -0.4 is 0 Å². The number of hydrogen-bond acceptors (Lipinski definition) is 5. The summed E-state index contributed by atoms with van der Waals surface area (Å²) in [5, 5.41) is 0. The fourth-order valence-electron chi connectivity index (χ4n) is 3.91. The zero-order chi connectivity index (χ0) is 21.4.